The molecule has 4 rings (SSSR count). The van der Waals surface area contributed by atoms with Crippen LogP contribution in [0.4, 0.5) is 4.39 Å². The Bertz CT molecular complexity index is 1020. The minimum atomic E-state index is -0.480. The molecule has 138 valence electrons. The summed E-state index contributed by atoms with van der Waals surface area (Å²) in [5.41, 5.74) is 1.13. The second-order valence-corrected chi connectivity index (χ2v) is 6.63. The molecule has 1 aliphatic heterocycles. The molecule has 0 unspecified atom stereocenters. The molecule has 1 aromatic heterocycles. The summed E-state index contributed by atoms with van der Waals surface area (Å²) in [5.74, 6) is -0.825. The molecule has 3 aromatic rings. The number of H-pyrrole nitrogens is 1. The Balaban J connectivity index is 1.66. The topological polar surface area (TPSA) is 71.2 Å². The molecule has 5 nitrogen and oxygen atoms in total. The van der Waals surface area contributed by atoms with Crippen molar-refractivity contribution < 1.29 is 13.9 Å². The van der Waals surface area contributed by atoms with Gasteiger partial charge in [-0.3, -0.25) is 9.59 Å². The molecule has 2 N–H and O–H groups in total. The van der Waals surface area contributed by atoms with Crippen molar-refractivity contribution in [1.29, 1.82) is 0 Å². The van der Waals surface area contributed by atoms with E-state index in [1.165, 1.54) is 18.3 Å². The van der Waals surface area contributed by atoms with Crippen molar-refractivity contribution in [2.45, 2.75) is 25.0 Å². The number of aromatic nitrogens is 1. The van der Waals surface area contributed by atoms with Gasteiger partial charge in [0.05, 0.1) is 12.1 Å². The number of rotatable bonds is 4. The number of hydrogen-bond acceptors (Lipinski definition) is 3. The first-order valence-electron chi connectivity index (χ1n) is 8.92. The zero-order valence-corrected chi connectivity index (χ0v) is 14.6. The summed E-state index contributed by atoms with van der Waals surface area (Å²) < 4.78 is 19.0. The van der Waals surface area contributed by atoms with Crippen molar-refractivity contribution in [3.05, 3.63) is 81.9 Å². The van der Waals surface area contributed by atoms with Crippen LogP contribution in [0.1, 0.15) is 34.8 Å². The van der Waals surface area contributed by atoms with Crippen molar-refractivity contribution in [3.8, 4) is 0 Å². The number of carbonyl (C=O) groups excluding carboxylic acids is 1. The molecular formula is C21H19FN2O3. The SMILES string of the molecule is O=C(N[C@@H](c1ccc(F)cc1)[C@@H]1CCCO1)c1c[nH]c2ccccc2c1=O. The molecular weight excluding hydrogens is 347 g/mol. The van der Waals surface area contributed by atoms with Gasteiger partial charge in [-0.2, -0.15) is 0 Å². The summed E-state index contributed by atoms with van der Waals surface area (Å²) in [5, 5.41) is 3.37. The van der Waals surface area contributed by atoms with E-state index in [9.17, 15) is 14.0 Å². The molecule has 27 heavy (non-hydrogen) atoms. The van der Waals surface area contributed by atoms with Gasteiger partial charge in [-0.1, -0.05) is 24.3 Å². The monoisotopic (exact) mass is 366 g/mol. The lowest BCUT2D eigenvalue weighted by molar-refractivity contribution is 0.0671. The zero-order chi connectivity index (χ0) is 18.8. The van der Waals surface area contributed by atoms with Crippen molar-refractivity contribution in [1.82, 2.24) is 10.3 Å². The van der Waals surface area contributed by atoms with E-state index >= 15 is 0 Å². The fourth-order valence-electron chi connectivity index (χ4n) is 3.48. The number of pyridine rings is 1. The largest absolute Gasteiger partial charge is 0.376 e. The number of carbonyl (C=O) groups is 1. The van der Waals surface area contributed by atoms with E-state index in [4.69, 9.17) is 4.74 Å². The van der Waals surface area contributed by atoms with Gasteiger partial charge in [-0.25, -0.2) is 4.39 Å². The molecule has 1 saturated heterocycles. The summed E-state index contributed by atoms with van der Waals surface area (Å²) in [4.78, 5) is 28.5. The van der Waals surface area contributed by atoms with Crippen LogP contribution in [0.5, 0.6) is 0 Å². The van der Waals surface area contributed by atoms with Crippen LogP contribution in [0.15, 0.2) is 59.5 Å². The standard InChI is InChI=1S/C21H19FN2O3/c22-14-9-7-13(8-10-14)19(18-6-3-11-27-18)24-21(26)16-12-23-17-5-2-1-4-15(17)20(16)25/h1-2,4-5,7-10,12,18-19H,3,6,11H2,(H,23,25)(H,24,26)/t18-,19-/m0/s1. The van der Waals surface area contributed by atoms with Gasteiger partial charge >= 0.3 is 0 Å². The molecule has 1 aliphatic rings. The summed E-state index contributed by atoms with van der Waals surface area (Å²) in [6.07, 6.45) is 2.90. The second-order valence-electron chi connectivity index (χ2n) is 6.63. The minimum absolute atomic E-state index is 0.0406. The van der Waals surface area contributed by atoms with Crippen molar-refractivity contribution in [2.75, 3.05) is 6.61 Å². The van der Waals surface area contributed by atoms with Crippen molar-refractivity contribution in [2.24, 2.45) is 0 Å². The Labute approximate surface area is 155 Å². The third-order valence-corrected chi connectivity index (χ3v) is 4.89. The van der Waals surface area contributed by atoms with Crippen LogP contribution < -0.4 is 10.7 Å². The van der Waals surface area contributed by atoms with E-state index < -0.39 is 11.9 Å². The lowest BCUT2D eigenvalue weighted by atomic mass is 9.98. The van der Waals surface area contributed by atoms with Gasteiger partial charge in [0.2, 0.25) is 5.43 Å². The number of fused-ring (bicyclic) bond motifs is 1. The van der Waals surface area contributed by atoms with Crippen LogP contribution in [-0.4, -0.2) is 23.6 Å². The molecule has 1 fully saturated rings. The normalized spacial score (nSPS) is 17.7. The highest BCUT2D eigenvalue weighted by atomic mass is 19.1. The Morgan fingerprint density at radius 2 is 1.96 bits per heavy atom. The van der Waals surface area contributed by atoms with Gasteiger partial charge in [0.1, 0.15) is 11.4 Å². The molecule has 1 amide bonds. The number of para-hydroxylation sites is 1. The molecule has 0 spiro atoms. The lowest BCUT2D eigenvalue weighted by Crippen LogP contribution is -2.38. The first-order chi connectivity index (χ1) is 13.1. The molecule has 6 heteroatoms. The number of ether oxygens (including phenoxy) is 1. The second kappa shape index (κ2) is 7.32. The van der Waals surface area contributed by atoms with Crippen LogP contribution in [0.3, 0.4) is 0 Å². The number of halogens is 1. The Morgan fingerprint density at radius 1 is 1.19 bits per heavy atom. The smallest absolute Gasteiger partial charge is 0.257 e. The average Bonchev–Trinajstić information content (AvgIpc) is 3.22. The number of benzene rings is 2. The van der Waals surface area contributed by atoms with E-state index in [1.807, 2.05) is 6.07 Å². The van der Waals surface area contributed by atoms with E-state index in [-0.39, 0.29) is 22.9 Å². The molecule has 0 saturated carbocycles. The van der Waals surface area contributed by atoms with Crippen molar-refractivity contribution in [3.63, 3.8) is 0 Å². The number of nitrogens with one attached hydrogen (secondary N) is 2. The van der Waals surface area contributed by atoms with E-state index in [1.54, 1.807) is 30.3 Å². The third-order valence-electron chi connectivity index (χ3n) is 4.89. The predicted molar refractivity (Wildman–Crippen MR) is 100 cm³/mol. The lowest BCUT2D eigenvalue weighted by Gasteiger charge is -2.24. The zero-order valence-electron chi connectivity index (χ0n) is 14.6. The molecule has 2 heterocycles. The van der Waals surface area contributed by atoms with Gasteiger partial charge in [0, 0.05) is 23.7 Å². The fourth-order valence-corrected chi connectivity index (χ4v) is 3.48. The third kappa shape index (κ3) is 3.48. The van der Waals surface area contributed by atoms with Crippen LogP contribution in [0.2, 0.25) is 0 Å². The quantitative estimate of drug-likeness (QED) is 0.744. The maximum absolute atomic E-state index is 13.3. The molecule has 0 radical (unpaired) electrons. The highest BCUT2D eigenvalue weighted by Crippen LogP contribution is 2.27. The summed E-state index contributed by atoms with van der Waals surface area (Å²) in [6, 6.07) is 12.6. The van der Waals surface area contributed by atoms with Gasteiger partial charge in [-0.05, 0) is 42.7 Å². The number of hydrogen-bond donors (Lipinski definition) is 2. The Hall–Kier alpha value is -2.99. The first-order valence-corrected chi connectivity index (χ1v) is 8.92. The maximum atomic E-state index is 13.3. The van der Waals surface area contributed by atoms with Gasteiger partial charge in [0.25, 0.3) is 5.91 Å². The Kier molecular flexibility index (Phi) is 4.73. The predicted octanol–water partition coefficient (Wildman–Crippen LogP) is 3.32. The summed E-state index contributed by atoms with van der Waals surface area (Å²) in [6.45, 7) is 0.620. The fraction of sp³-hybridized carbons (Fsp3) is 0.238. The Morgan fingerprint density at radius 3 is 2.70 bits per heavy atom. The molecule has 2 atom stereocenters. The summed E-state index contributed by atoms with van der Waals surface area (Å²) >= 11 is 0. The number of amides is 1. The molecule has 2 aromatic carbocycles. The average molecular weight is 366 g/mol. The highest BCUT2D eigenvalue weighted by Gasteiger charge is 2.29. The van der Waals surface area contributed by atoms with E-state index in [0.717, 1.165) is 18.4 Å². The van der Waals surface area contributed by atoms with Crippen LogP contribution in [0.25, 0.3) is 10.9 Å². The van der Waals surface area contributed by atoms with E-state index in [0.29, 0.717) is 17.5 Å². The van der Waals surface area contributed by atoms with Gasteiger partial charge in [0.15, 0.2) is 0 Å². The maximum Gasteiger partial charge on any atom is 0.257 e. The minimum Gasteiger partial charge on any atom is -0.376 e. The molecule has 0 bridgehead atoms. The number of aromatic amines is 1. The first kappa shape index (κ1) is 17.4. The van der Waals surface area contributed by atoms with Crippen LogP contribution in [-0.2, 0) is 4.74 Å². The van der Waals surface area contributed by atoms with Crippen molar-refractivity contribution >= 4 is 16.8 Å². The van der Waals surface area contributed by atoms with E-state index in [2.05, 4.69) is 10.3 Å². The molecule has 0 aliphatic carbocycles. The van der Waals surface area contributed by atoms with Crippen LogP contribution >= 0.6 is 0 Å². The van der Waals surface area contributed by atoms with Gasteiger partial charge in [-0.15, -0.1) is 0 Å². The summed E-state index contributed by atoms with van der Waals surface area (Å²) in [7, 11) is 0. The van der Waals surface area contributed by atoms with Crippen LogP contribution in [0, 0.1) is 5.82 Å². The highest BCUT2D eigenvalue weighted by molar-refractivity contribution is 5.97. The van der Waals surface area contributed by atoms with Gasteiger partial charge < -0.3 is 15.0 Å².